The van der Waals surface area contributed by atoms with E-state index < -0.39 is 23.7 Å². The highest BCUT2D eigenvalue weighted by Gasteiger charge is 2.36. The van der Waals surface area contributed by atoms with Crippen molar-refractivity contribution in [2.75, 3.05) is 19.8 Å². The average Bonchev–Trinajstić information content (AvgIpc) is 3.02. The second kappa shape index (κ2) is 11.5. The molecule has 3 rings (SSSR count). The fraction of sp³-hybridized carbons (Fsp3) is 0.261. The smallest absolute Gasteiger partial charge is 0.326 e. The third-order valence-electron chi connectivity index (χ3n) is 4.39. The van der Waals surface area contributed by atoms with Crippen LogP contribution in [0.1, 0.15) is 25.0 Å². The summed E-state index contributed by atoms with van der Waals surface area (Å²) in [5.74, 6) is -0.517. The molecule has 7 nitrogen and oxygen atoms in total. The number of ether oxygens (including phenoxy) is 3. The zero-order valence-corrected chi connectivity index (χ0v) is 20.9. The van der Waals surface area contributed by atoms with E-state index in [1.807, 2.05) is 6.92 Å². The highest BCUT2D eigenvalue weighted by atomic mass is 127. The van der Waals surface area contributed by atoms with Crippen molar-refractivity contribution in [2.45, 2.75) is 20.5 Å². The molecule has 0 atom stereocenters. The van der Waals surface area contributed by atoms with Crippen LogP contribution in [0.4, 0.5) is 9.18 Å². The number of imide groups is 1. The third kappa shape index (κ3) is 6.47. The van der Waals surface area contributed by atoms with Crippen LogP contribution >= 0.6 is 34.4 Å². The van der Waals surface area contributed by atoms with E-state index in [0.717, 1.165) is 25.8 Å². The van der Waals surface area contributed by atoms with E-state index in [9.17, 15) is 18.8 Å². The fourth-order valence-electron chi connectivity index (χ4n) is 2.93. The van der Waals surface area contributed by atoms with Gasteiger partial charge in [0.1, 0.15) is 19.0 Å². The van der Waals surface area contributed by atoms with Gasteiger partial charge < -0.3 is 14.2 Å². The Morgan fingerprint density at radius 1 is 1.12 bits per heavy atom. The van der Waals surface area contributed by atoms with Gasteiger partial charge in [-0.3, -0.25) is 19.3 Å². The van der Waals surface area contributed by atoms with Gasteiger partial charge >= 0.3 is 5.97 Å². The standard InChI is InChI=1S/C23H21FINO6S/c1-3-30-18-10-15(9-17(25)21(18)32-13-14-5-7-16(24)8-6-14)11-19-22(28)26(23(29)33-19)12-20(27)31-4-2/h5-11H,3-4,12-13H2,1-2H3/b19-11-. The maximum atomic E-state index is 13.1. The molecule has 33 heavy (non-hydrogen) atoms. The molecule has 0 unspecified atom stereocenters. The van der Waals surface area contributed by atoms with Gasteiger partial charge in [0.05, 0.1) is 21.7 Å². The molecule has 0 saturated carbocycles. The molecule has 2 amide bonds. The lowest BCUT2D eigenvalue weighted by molar-refractivity contribution is -0.145. The van der Waals surface area contributed by atoms with E-state index >= 15 is 0 Å². The van der Waals surface area contributed by atoms with Gasteiger partial charge in [-0.15, -0.1) is 0 Å². The summed E-state index contributed by atoms with van der Waals surface area (Å²) in [4.78, 5) is 37.6. The van der Waals surface area contributed by atoms with Crippen LogP contribution in [0.2, 0.25) is 0 Å². The largest absolute Gasteiger partial charge is 0.490 e. The van der Waals surface area contributed by atoms with Crippen LogP contribution < -0.4 is 9.47 Å². The number of rotatable bonds is 9. The lowest BCUT2D eigenvalue weighted by atomic mass is 10.1. The Balaban J connectivity index is 1.81. The molecule has 1 saturated heterocycles. The van der Waals surface area contributed by atoms with Crippen LogP contribution in [0.25, 0.3) is 6.08 Å². The summed E-state index contributed by atoms with van der Waals surface area (Å²) in [5.41, 5.74) is 1.44. The summed E-state index contributed by atoms with van der Waals surface area (Å²) in [6.07, 6.45) is 1.57. The second-order valence-corrected chi connectivity index (χ2v) is 8.91. The van der Waals surface area contributed by atoms with Crippen molar-refractivity contribution < 1.29 is 33.0 Å². The SMILES string of the molecule is CCOC(=O)CN1C(=O)S/C(=C\c2cc(I)c(OCc3ccc(F)cc3)c(OCC)c2)C1=O. The number of hydrogen-bond acceptors (Lipinski definition) is 7. The quantitative estimate of drug-likeness (QED) is 0.233. The van der Waals surface area contributed by atoms with E-state index in [4.69, 9.17) is 14.2 Å². The van der Waals surface area contributed by atoms with Gasteiger partial charge in [0.2, 0.25) is 0 Å². The van der Waals surface area contributed by atoms with Crippen LogP contribution in [-0.2, 0) is 20.9 Å². The Labute approximate surface area is 208 Å². The van der Waals surface area contributed by atoms with Gasteiger partial charge in [0.25, 0.3) is 11.1 Å². The van der Waals surface area contributed by atoms with Gasteiger partial charge in [-0.05, 0) is 89.7 Å². The number of benzene rings is 2. The minimum atomic E-state index is -0.642. The Kier molecular flexibility index (Phi) is 8.73. The molecule has 174 valence electrons. The summed E-state index contributed by atoms with van der Waals surface area (Å²) in [6, 6.07) is 9.52. The lowest BCUT2D eigenvalue weighted by Gasteiger charge is -2.15. The van der Waals surface area contributed by atoms with Gasteiger partial charge in [-0.1, -0.05) is 12.1 Å². The molecular weight excluding hydrogens is 564 g/mol. The molecule has 0 N–H and O–H groups in total. The first kappa shape index (κ1) is 25.0. The molecule has 0 radical (unpaired) electrons. The summed E-state index contributed by atoms with van der Waals surface area (Å²) < 4.78 is 30.3. The van der Waals surface area contributed by atoms with Gasteiger partial charge in [-0.2, -0.15) is 0 Å². The van der Waals surface area contributed by atoms with E-state index in [1.165, 1.54) is 12.1 Å². The summed E-state index contributed by atoms with van der Waals surface area (Å²) in [5, 5.41) is -0.529. The molecule has 1 fully saturated rings. The summed E-state index contributed by atoms with van der Waals surface area (Å²) in [6.45, 7) is 3.85. The number of thioether (sulfide) groups is 1. The molecule has 0 aliphatic carbocycles. The van der Waals surface area contributed by atoms with E-state index in [0.29, 0.717) is 23.7 Å². The lowest BCUT2D eigenvalue weighted by Crippen LogP contribution is -2.34. The van der Waals surface area contributed by atoms with E-state index in [2.05, 4.69) is 22.6 Å². The fourth-order valence-corrected chi connectivity index (χ4v) is 4.55. The molecule has 1 aliphatic heterocycles. The van der Waals surface area contributed by atoms with Crippen molar-refractivity contribution in [1.29, 1.82) is 0 Å². The number of amides is 2. The van der Waals surface area contributed by atoms with E-state index in [1.54, 1.807) is 37.3 Å². The second-order valence-electron chi connectivity index (χ2n) is 6.75. The Hall–Kier alpha value is -2.60. The average molecular weight is 585 g/mol. The molecule has 1 aliphatic rings. The number of esters is 1. The van der Waals surface area contributed by atoms with Crippen molar-refractivity contribution in [3.8, 4) is 11.5 Å². The monoisotopic (exact) mass is 585 g/mol. The van der Waals surface area contributed by atoms with Crippen LogP contribution in [0, 0.1) is 9.39 Å². The highest BCUT2D eigenvalue weighted by molar-refractivity contribution is 14.1. The Morgan fingerprint density at radius 3 is 2.52 bits per heavy atom. The van der Waals surface area contributed by atoms with E-state index in [-0.39, 0.29) is 23.9 Å². The molecule has 0 bridgehead atoms. The van der Waals surface area contributed by atoms with Crippen molar-refractivity contribution >= 4 is 57.5 Å². The van der Waals surface area contributed by atoms with Crippen molar-refractivity contribution in [3.63, 3.8) is 0 Å². The molecule has 1 heterocycles. The number of carbonyl (C=O) groups excluding carboxylic acids is 3. The Bertz CT molecular complexity index is 1090. The van der Waals surface area contributed by atoms with Gasteiger partial charge in [0.15, 0.2) is 11.5 Å². The predicted molar refractivity (Wildman–Crippen MR) is 130 cm³/mol. The summed E-state index contributed by atoms with van der Waals surface area (Å²) >= 11 is 2.86. The minimum Gasteiger partial charge on any atom is -0.490 e. The zero-order valence-electron chi connectivity index (χ0n) is 17.9. The number of halogens is 2. The number of hydrogen-bond donors (Lipinski definition) is 0. The van der Waals surface area contributed by atoms with Crippen LogP contribution in [0.3, 0.4) is 0 Å². The van der Waals surface area contributed by atoms with Gasteiger partial charge in [-0.25, -0.2) is 4.39 Å². The normalized spacial score (nSPS) is 14.7. The maximum absolute atomic E-state index is 13.1. The zero-order chi connectivity index (χ0) is 24.0. The Morgan fingerprint density at radius 2 is 1.85 bits per heavy atom. The number of nitrogens with zero attached hydrogens (tertiary/aromatic N) is 1. The molecule has 2 aromatic carbocycles. The van der Waals surface area contributed by atoms with Crippen LogP contribution in [-0.4, -0.2) is 41.8 Å². The first-order valence-corrected chi connectivity index (χ1v) is 12.0. The topological polar surface area (TPSA) is 82.1 Å². The summed E-state index contributed by atoms with van der Waals surface area (Å²) in [7, 11) is 0. The van der Waals surface area contributed by atoms with Crippen LogP contribution in [0.15, 0.2) is 41.3 Å². The van der Waals surface area contributed by atoms with Crippen LogP contribution in [0.5, 0.6) is 11.5 Å². The molecule has 0 aromatic heterocycles. The third-order valence-corrected chi connectivity index (χ3v) is 6.10. The highest BCUT2D eigenvalue weighted by Crippen LogP contribution is 2.38. The molecule has 0 spiro atoms. The number of carbonyl (C=O) groups is 3. The maximum Gasteiger partial charge on any atom is 0.326 e. The van der Waals surface area contributed by atoms with Crippen molar-refractivity contribution in [1.82, 2.24) is 4.90 Å². The van der Waals surface area contributed by atoms with Crippen molar-refractivity contribution in [3.05, 3.63) is 61.8 Å². The first-order valence-electron chi connectivity index (χ1n) is 10.1. The molecular formula is C23H21FINO6S. The predicted octanol–water partition coefficient (Wildman–Crippen LogP) is 5.01. The first-order chi connectivity index (χ1) is 15.8. The molecule has 10 heteroatoms. The van der Waals surface area contributed by atoms with Crippen molar-refractivity contribution in [2.24, 2.45) is 0 Å². The molecule has 2 aromatic rings. The van der Waals surface area contributed by atoms with Gasteiger partial charge in [0, 0.05) is 0 Å². The minimum absolute atomic E-state index is 0.166.